The molecule has 0 radical (unpaired) electrons. The van der Waals surface area contributed by atoms with Crippen LogP contribution in [0.5, 0.6) is 0 Å². The molecule has 2 heteroatoms. The van der Waals surface area contributed by atoms with E-state index in [9.17, 15) is 4.79 Å². The average molecular weight is 267 g/mol. The van der Waals surface area contributed by atoms with E-state index in [1.807, 2.05) is 50.2 Å². The lowest BCUT2D eigenvalue weighted by atomic mass is 10.0. The summed E-state index contributed by atoms with van der Waals surface area (Å²) in [7, 11) is 0. The first-order chi connectivity index (χ1) is 9.56. The van der Waals surface area contributed by atoms with Crippen molar-refractivity contribution in [2.45, 2.75) is 33.2 Å². The number of hydrogen-bond acceptors (Lipinski definition) is 1. The van der Waals surface area contributed by atoms with Crippen LogP contribution in [0.2, 0.25) is 0 Å². The van der Waals surface area contributed by atoms with Crippen LogP contribution in [0.15, 0.2) is 48.5 Å². The van der Waals surface area contributed by atoms with Gasteiger partial charge in [0.15, 0.2) is 0 Å². The summed E-state index contributed by atoms with van der Waals surface area (Å²) >= 11 is 0. The molecule has 20 heavy (non-hydrogen) atoms. The maximum absolute atomic E-state index is 12.1. The normalized spacial score (nSPS) is 11.9. The van der Waals surface area contributed by atoms with Crippen LogP contribution in [0.1, 0.15) is 35.2 Å². The summed E-state index contributed by atoms with van der Waals surface area (Å²) in [5, 5.41) is 3.06. The first kappa shape index (κ1) is 14.3. The topological polar surface area (TPSA) is 29.1 Å². The quantitative estimate of drug-likeness (QED) is 0.898. The zero-order valence-electron chi connectivity index (χ0n) is 12.3. The molecule has 0 aliphatic rings. The van der Waals surface area contributed by atoms with Gasteiger partial charge in [-0.1, -0.05) is 54.1 Å². The van der Waals surface area contributed by atoms with Gasteiger partial charge in [-0.3, -0.25) is 4.79 Å². The Labute approximate surface area is 120 Å². The Hall–Kier alpha value is -2.09. The lowest BCUT2D eigenvalue weighted by Crippen LogP contribution is -2.28. The molecule has 0 fully saturated rings. The van der Waals surface area contributed by atoms with Gasteiger partial charge in [0, 0.05) is 0 Å². The molecule has 1 unspecified atom stereocenters. The minimum Gasteiger partial charge on any atom is -0.349 e. The predicted octanol–water partition coefficient (Wildman–Crippen LogP) is 3.72. The van der Waals surface area contributed by atoms with Crippen molar-refractivity contribution in [2.24, 2.45) is 0 Å². The average Bonchev–Trinajstić information content (AvgIpc) is 2.41. The monoisotopic (exact) mass is 267 g/mol. The Morgan fingerprint density at radius 1 is 1.05 bits per heavy atom. The van der Waals surface area contributed by atoms with Gasteiger partial charge in [-0.05, 0) is 37.5 Å². The molecular weight excluding hydrogens is 246 g/mol. The second kappa shape index (κ2) is 6.38. The molecule has 2 aromatic rings. The summed E-state index contributed by atoms with van der Waals surface area (Å²) in [6.45, 7) is 6.14. The Balaban J connectivity index is 1.98. The summed E-state index contributed by atoms with van der Waals surface area (Å²) in [5.41, 5.74) is 4.63. The van der Waals surface area contributed by atoms with Gasteiger partial charge in [-0.15, -0.1) is 0 Å². The van der Waals surface area contributed by atoms with Crippen LogP contribution in [-0.4, -0.2) is 5.91 Å². The van der Waals surface area contributed by atoms with E-state index in [0.29, 0.717) is 6.42 Å². The van der Waals surface area contributed by atoms with Gasteiger partial charge in [-0.25, -0.2) is 0 Å². The molecular formula is C18H21NO. The molecule has 104 valence electrons. The first-order valence-corrected chi connectivity index (χ1v) is 6.96. The highest BCUT2D eigenvalue weighted by molar-refractivity contribution is 5.79. The highest BCUT2D eigenvalue weighted by Crippen LogP contribution is 2.16. The molecule has 0 saturated heterocycles. The number of benzene rings is 2. The van der Waals surface area contributed by atoms with Crippen molar-refractivity contribution in [1.29, 1.82) is 0 Å². The van der Waals surface area contributed by atoms with Crippen molar-refractivity contribution < 1.29 is 4.79 Å². The lowest BCUT2D eigenvalue weighted by Gasteiger charge is -2.16. The van der Waals surface area contributed by atoms with Crippen molar-refractivity contribution in [3.8, 4) is 0 Å². The van der Waals surface area contributed by atoms with Gasteiger partial charge in [0.1, 0.15) is 0 Å². The van der Waals surface area contributed by atoms with Crippen LogP contribution in [-0.2, 0) is 11.2 Å². The zero-order valence-corrected chi connectivity index (χ0v) is 12.3. The Morgan fingerprint density at radius 3 is 2.35 bits per heavy atom. The van der Waals surface area contributed by atoms with Crippen LogP contribution in [0.3, 0.4) is 0 Å². The third-order valence-corrected chi connectivity index (χ3v) is 3.52. The molecule has 1 N–H and O–H groups in total. The van der Waals surface area contributed by atoms with Crippen LogP contribution in [0, 0.1) is 13.8 Å². The van der Waals surface area contributed by atoms with E-state index < -0.39 is 0 Å². The fraction of sp³-hybridized carbons (Fsp3) is 0.278. The number of hydrogen-bond donors (Lipinski definition) is 1. The van der Waals surface area contributed by atoms with Crippen molar-refractivity contribution in [3.05, 3.63) is 70.8 Å². The number of carbonyl (C=O) groups is 1. The third-order valence-electron chi connectivity index (χ3n) is 3.52. The Bertz CT molecular complexity index is 587. The van der Waals surface area contributed by atoms with E-state index in [1.54, 1.807) is 0 Å². The summed E-state index contributed by atoms with van der Waals surface area (Å²) < 4.78 is 0. The first-order valence-electron chi connectivity index (χ1n) is 6.96. The highest BCUT2D eigenvalue weighted by Gasteiger charge is 2.11. The van der Waals surface area contributed by atoms with E-state index in [-0.39, 0.29) is 11.9 Å². The third kappa shape index (κ3) is 3.70. The molecule has 2 rings (SSSR count). The standard InChI is InChI=1S/C18H21NO/c1-13-8-10-16(11-9-13)12-18(20)19-15(3)17-7-5-4-6-14(17)2/h4-11,15H,12H2,1-3H3,(H,19,20). The summed E-state index contributed by atoms with van der Waals surface area (Å²) in [6.07, 6.45) is 0.427. The molecule has 0 aliphatic carbocycles. The largest absolute Gasteiger partial charge is 0.349 e. The molecule has 0 spiro atoms. The molecule has 0 bridgehead atoms. The van der Waals surface area contributed by atoms with E-state index in [4.69, 9.17) is 0 Å². The van der Waals surface area contributed by atoms with Gasteiger partial charge < -0.3 is 5.32 Å². The lowest BCUT2D eigenvalue weighted by molar-refractivity contribution is -0.121. The van der Waals surface area contributed by atoms with Crippen LogP contribution in [0.25, 0.3) is 0 Å². The number of aryl methyl sites for hydroxylation is 2. The minimum absolute atomic E-state index is 0.0362. The molecule has 0 heterocycles. The fourth-order valence-electron chi connectivity index (χ4n) is 2.33. The SMILES string of the molecule is Cc1ccc(CC(=O)NC(C)c2ccccc2C)cc1. The van der Waals surface area contributed by atoms with E-state index in [0.717, 1.165) is 5.56 Å². The number of amides is 1. The highest BCUT2D eigenvalue weighted by atomic mass is 16.1. The summed E-state index contributed by atoms with van der Waals surface area (Å²) in [6, 6.07) is 16.3. The summed E-state index contributed by atoms with van der Waals surface area (Å²) in [5.74, 6) is 0.0598. The summed E-state index contributed by atoms with van der Waals surface area (Å²) in [4.78, 5) is 12.1. The van der Waals surface area contributed by atoms with Crippen molar-refractivity contribution in [1.82, 2.24) is 5.32 Å². The van der Waals surface area contributed by atoms with E-state index in [2.05, 4.69) is 24.4 Å². The molecule has 0 aromatic heterocycles. The molecule has 1 amide bonds. The zero-order chi connectivity index (χ0) is 14.5. The van der Waals surface area contributed by atoms with Gasteiger partial charge in [0.2, 0.25) is 5.91 Å². The fourth-order valence-corrected chi connectivity index (χ4v) is 2.33. The van der Waals surface area contributed by atoms with E-state index >= 15 is 0 Å². The minimum atomic E-state index is 0.0362. The number of rotatable bonds is 4. The van der Waals surface area contributed by atoms with Gasteiger partial charge in [-0.2, -0.15) is 0 Å². The van der Waals surface area contributed by atoms with Crippen LogP contribution in [0.4, 0.5) is 0 Å². The second-order valence-corrected chi connectivity index (χ2v) is 5.31. The smallest absolute Gasteiger partial charge is 0.224 e. The molecule has 0 aliphatic heterocycles. The maximum Gasteiger partial charge on any atom is 0.224 e. The van der Waals surface area contributed by atoms with E-state index in [1.165, 1.54) is 16.7 Å². The molecule has 2 nitrogen and oxygen atoms in total. The van der Waals surface area contributed by atoms with Crippen molar-refractivity contribution >= 4 is 5.91 Å². The van der Waals surface area contributed by atoms with Crippen molar-refractivity contribution in [2.75, 3.05) is 0 Å². The molecule has 1 atom stereocenters. The Kier molecular flexibility index (Phi) is 4.57. The van der Waals surface area contributed by atoms with Gasteiger partial charge in [0.05, 0.1) is 12.5 Å². The van der Waals surface area contributed by atoms with Gasteiger partial charge in [0.25, 0.3) is 0 Å². The van der Waals surface area contributed by atoms with Crippen LogP contribution >= 0.6 is 0 Å². The van der Waals surface area contributed by atoms with Crippen LogP contribution < -0.4 is 5.32 Å². The second-order valence-electron chi connectivity index (χ2n) is 5.31. The predicted molar refractivity (Wildman–Crippen MR) is 82.6 cm³/mol. The molecule has 2 aromatic carbocycles. The number of carbonyl (C=O) groups excluding carboxylic acids is 1. The van der Waals surface area contributed by atoms with Crippen molar-refractivity contribution in [3.63, 3.8) is 0 Å². The molecule has 0 saturated carbocycles. The number of nitrogens with one attached hydrogen (secondary N) is 1. The van der Waals surface area contributed by atoms with Gasteiger partial charge >= 0.3 is 0 Å². The maximum atomic E-state index is 12.1. The Morgan fingerprint density at radius 2 is 1.70 bits per heavy atom.